The number of rotatable bonds is 4. The van der Waals surface area contributed by atoms with Gasteiger partial charge >= 0.3 is 0 Å². The summed E-state index contributed by atoms with van der Waals surface area (Å²) in [6, 6.07) is 2.46. The number of fused-ring (bicyclic) bond motifs is 1. The molecule has 1 saturated heterocycles. The third-order valence-electron chi connectivity index (χ3n) is 5.28. The van der Waals surface area contributed by atoms with Gasteiger partial charge in [-0.3, -0.25) is 14.6 Å². The van der Waals surface area contributed by atoms with Crippen molar-refractivity contribution in [1.82, 2.24) is 24.4 Å². The molecule has 0 spiro atoms. The van der Waals surface area contributed by atoms with E-state index in [0.29, 0.717) is 0 Å². The van der Waals surface area contributed by atoms with E-state index in [1.165, 1.54) is 41.5 Å². The summed E-state index contributed by atoms with van der Waals surface area (Å²) in [7, 11) is 0. The fourth-order valence-electron chi connectivity index (χ4n) is 3.90. The molecule has 0 radical (unpaired) electrons. The Balaban J connectivity index is 1.42. The zero-order valence-electron chi connectivity index (χ0n) is 14.3. The SMILES string of the molecule is CCc1nn2c(=O)cc(CN3CCN(C4CCCC4)CC3)nc2s1. The molecule has 2 aliphatic rings. The smallest absolute Gasteiger partial charge is 0.275 e. The highest BCUT2D eigenvalue weighted by Crippen LogP contribution is 2.24. The van der Waals surface area contributed by atoms with Gasteiger partial charge in [-0.05, 0) is 19.3 Å². The van der Waals surface area contributed by atoms with Crippen LogP contribution in [0.25, 0.3) is 4.96 Å². The van der Waals surface area contributed by atoms with Crippen LogP contribution in [0.2, 0.25) is 0 Å². The average molecular weight is 347 g/mol. The minimum Gasteiger partial charge on any atom is -0.298 e. The Kier molecular flexibility index (Phi) is 4.65. The van der Waals surface area contributed by atoms with Gasteiger partial charge < -0.3 is 0 Å². The molecule has 2 aromatic heterocycles. The van der Waals surface area contributed by atoms with Crippen molar-refractivity contribution >= 4 is 16.3 Å². The molecular weight excluding hydrogens is 322 g/mol. The lowest BCUT2D eigenvalue weighted by Gasteiger charge is -2.37. The Hall–Kier alpha value is -1.31. The summed E-state index contributed by atoms with van der Waals surface area (Å²) in [5, 5.41) is 5.27. The Morgan fingerprint density at radius 3 is 2.67 bits per heavy atom. The average Bonchev–Trinajstić information content (AvgIpc) is 3.25. The second kappa shape index (κ2) is 6.90. The van der Waals surface area contributed by atoms with Crippen molar-refractivity contribution in [2.24, 2.45) is 0 Å². The van der Waals surface area contributed by atoms with E-state index >= 15 is 0 Å². The van der Waals surface area contributed by atoms with E-state index in [2.05, 4.69) is 19.9 Å². The van der Waals surface area contributed by atoms with E-state index in [4.69, 9.17) is 0 Å². The van der Waals surface area contributed by atoms with Crippen LogP contribution >= 0.6 is 11.3 Å². The molecule has 4 rings (SSSR count). The molecular formula is C17H25N5OS. The Morgan fingerprint density at radius 1 is 1.21 bits per heavy atom. The predicted octanol–water partition coefficient (Wildman–Crippen LogP) is 1.77. The largest absolute Gasteiger partial charge is 0.298 e. The second-order valence-electron chi connectivity index (χ2n) is 6.88. The second-order valence-corrected chi connectivity index (χ2v) is 7.92. The first kappa shape index (κ1) is 16.2. The van der Waals surface area contributed by atoms with Gasteiger partial charge in [0.05, 0.1) is 5.69 Å². The molecule has 0 aromatic carbocycles. The molecule has 7 heteroatoms. The first-order valence-electron chi connectivity index (χ1n) is 9.08. The van der Waals surface area contributed by atoms with Crippen LogP contribution in [-0.2, 0) is 13.0 Å². The zero-order valence-corrected chi connectivity index (χ0v) is 15.1. The topological polar surface area (TPSA) is 53.7 Å². The summed E-state index contributed by atoms with van der Waals surface area (Å²) in [5.74, 6) is 0. The summed E-state index contributed by atoms with van der Waals surface area (Å²) >= 11 is 1.52. The molecule has 0 unspecified atom stereocenters. The molecule has 0 N–H and O–H groups in total. The van der Waals surface area contributed by atoms with Crippen LogP contribution in [0, 0.1) is 0 Å². The third-order valence-corrected chi connectivity index (χ3v) is 6.33. The lowest BCUT2D eigenvalue weighted by atomic mass is 10.2. The summed E-state index contributed by atoms with van der Waals surface area (Å²) in [4.78, 5) is 22.7. The van der Waals surface area contributed by atoms with E-state index in [1.54, 1.807) is 6.07 Å². The van der Waals surface area contributed by atoms with Gasteiger partial charge in [0.1, 0.15) is 5.01 Å². The van der Waals surface area contributed by atoms with Crippen LogP contribution in [0.15, 0.2) is 10.9 Å². The van der Waals surface area contributed by atoms with Crippen molar-refractivity contribution in [1.29, 1.82) is 0 Å². The molecule has 1 aliphatic carbocycles. The monoisotopic (exact) mass is 347 g/mol. The van der Waals surface area contributed by atoms with Crippen LogP contribution in [0.3, 0.4) is 0 Å². The molecule has 3 heterocycles. The van der Waals surface area contributed by atoms with E-state index in [9.17, 15) is 4.79 Å². The molecule has 0 amide bonds. The molecule has 6 nitrogen and oxygen atoms in total. The summed E-state index contributed by atoms with van der Waals surface area (Å²) < 4.78 is 1.44. The Labute approximate surface area is 146 Å². The van der Waals surface area contributed by atoms with E-state index in [-0.39, 0.29) is 5.56 Å². The van der Waals surface area contributed by atoms with Crippen LogP contribution < -0.4 is 5.56 Å². The molecule has 1 aliphatic heterocycles. The lowest BCUT2D eigenvalue weighted by Crippen LogP contribution is -2.49. The van der Waals surface area contributed by atoms with Gasteiger partial charge in [-0.2, -0.15) is 9.61 Å². The molecule has 130 valence electrons. The third kappa shape index (κ3) is 3.25. The number of hydrogen-bond acceptors (Lipinski definition) is 6. The van der Waals surface area contributed by atoms with Crippen molar-refractivity contribution < 1.29 is 0 Å². The quantitative estimate of drug-likeness (QED) is 0.844. The molecule has 24 heavy (non-hydrogen) atoms. The highest BCUT2D eigenvalue weighted by molar-refractivity contribution is 7.16. The lowest BCUT2D eigenvalue weighted by molar-refractivity contribution is 0.0930. The minimum atomic E-state index is -0.0597. The van der Waals surface area contributed by atoms with Crippen molar-refractivity contribution in [3.63, 3.8) is 0 Å². The zero-order chi connectivity index (χ0) is 16.5. The number of hydrogen-bond donors (Lipinski definition) is 0. The number of piperazine rings is 1. The molecule has 2 fully saturated rings. The Morgan fingerprint density at radius 2 is 1.96 bits per heavy atom. The highest BCUT2D eigenvalue weighted by Gasteiger charge is 2.26. The van der Waals surface area contributed by atoms with E-state index in [1.807, 2.05) is 6.92 Å². The van der Waals surface area contributed by atoms with E-state index in [0.717, 1.165) is 60.8 Å². The van der Waals surface area contributed by atoms with Crippen LogP contribution in [-0.4, -0.2) is 56.6 Å². The van der Waals surface area contributed by atoms with Crippen LogP contribution in [0.4, 0.5) is 0 Å². The van der Waals surface area contributed by atoms with Gasteiger partial charge in [0, 0.05) is 44.8 Å². The van der Waals surface area contributed by atoms with Crippen molar-refractivity contribution in [2.75, 3.05) is 26.2 Å². The van der Waals surface area contributed by atoms with Crippen LogP contribution in [0.5, 0.6) is 0 Å². The first-order valence-corrected chi connectivity index (χ1v) is 9.89. The summed E-state index contributed by atoms with van der Waals surface area (Å²) in [6.45, 7) is 7.25. The van der Waals surface area contributed by atoms with Crippen LogP contribution in [0.1, 0.15) is 43.3 Å². The molecule has 2 aromatic rings. The van der Waals surface area contributed by atoms with Gasteiger partial charge in [0.2, 0.25) is 4.96 Å². The standard InChI is InChI=1S/C17H25N5OS/c1-2-15-19-22-16(23)11-13(18-17(22)24-15)12-20-7-9-21(10-8-20)14-5-3-4-6-14/h11,14H,2-10,12H2,1H3. The van der Waals surface area contributed by atoms with Gasteiger partial charge in [-0.1, -0.05) is 31.1 Å². The normalized spacial score (nSPS) is 21.0. The van der Waals surface area contributed by atoms with Gasteiger partial charge in [-0.25, -0.2) is 4.98 Å². The summed E-state index contributed by atoms with van der Waals surface area (Å²) in [6.07, 6.45) is 6.38. The minimum absolute atomic E-state index is 0.0597. The maximum absolute atomic E-state index is 12.2. The highest BCUT2D eigenvalue weighted by atomic mass is 32.1. The fraction of sp³-hybridized carbons (Fsp3) is 0.706. The fourth-order valence-corrected chi connectivity index (χ4v) is 4.76. The molecule has 1 saturated carbocycles. The van der Waals surface area contributed by atoms with Crippen molar-refractivity contribution in [3.8, 4) is 0 Å². The number of aryl methyl sites for hydroxylation is 1. The predicted molar refractivity (Wildman–Crippen MR) is 95.6 cm³/mol. The number of nitrogens with zero attached hydrogens (tertiary/aromatic N) is 5. The van der Waals surface area contributed by atoms with Crippen molar-refractivity contribution in [2.45, 2.75) is 51.6 Å². The Bertz CT molecular complexity index is 756. The maximum atomic E-state index is 12.2. The molecule has 0 bridgehead atoms. The summed E-state index contributed by atoms with van der Waals surface area (Å²) in [5.41, 5.74) is 0.816. The van der Waals surface area contributed by atoms with E-state index < -0.39 is 0 Å². The first-order chi connectivity index (χ1) is 11.7. The maximum Gasteiger partial charge on any atom is 0.275 e. The van der Waals surface area contributed by atoms with Gasteiger partial charge in [0.25, 0.3) is 5.56 Å². The van der Waals surface area contributed by atoms with Crippen molar-refractivity contribution in [3.05, 3.63) is 27.1 Å². The van der Waals surface area contributed by atoms with Gasteiger partial charge in [-0.15, -0.1) is 0 Å². The van der Waals surface area contributed by atoms with Gasteiger partial charge in [0.15, 0.2) is 0 Å². The number of aromatic nitrogens is 3. The molecule has 0 atom stereocenters.